The number of ether oxygens (including phenoxy) is 1. The molecule has 0 amide bonds. The minimum Gasteiger partial charge on any atom is -0.493 e. The zero-order valence-electron chi connectivity index (χ0n) is 11.2. The molecule has 1 aromatic carbocycles. The molecule has 0 saturated carbocycles. The van der Waals surface area contributed by atoms with E-state index in [4.69, 9.17) is 4.74 Å². The Hall–Kier alpha value is -1.31. The first kappa shape index (κ1) is 13.1. The van der Waals surface area contributed by atoms with Crippen molar-refractivity contribution in [3.8, 4) is 5.75 Å². The summed E-state index contributed by atoms with van der Waals surface area (Å²) >= 11 is 0. The van der Waals surface area contributed by atoms with Crippen LogP contribution in [-0.2, 0) is 17.6 Å². The molecule has 0 saturated heterocycles. The fourth-order valence-electron chi connectivity index (χ4n) is 2.38. The van der Waals surface area contributed by atoms with E-state index < -0.39 is 0 Å². The van der Waals surface area contributed by atoms with Gasteiger partial charge in [0.05, 0.1) is 6.61 Å². The number of hydrogen-bond acceptors (Lipinski definition) is 2. The summed E-state index contributed by atoms with van der Waals surface area (Å²) in [7, 11) is 0. The number of rotatable bonds is 7. The molecule has 98 valence electrons. The van der Waals surface area contributed by atoms with E-state index in [1.807, 2.05) is 6.07 Å². The monoisotopic (exact) mass is 246 g/mol. The first-order valence-electron chi connectivity index (χ1n) is 7.06. The van der Waals surface area contributed by atoms with Crippen molar-refractivity contribution in [1.29, 1.82) is 0 Å². The molecule has 1 aromatic rings. The van der Waals surface area contributed by atoms with Crippen molar-refractivity contribution < 1.29 is 9.53 Å². The summed E-state index contributed by atoms with van der Waals surface area (Å²) in [5.41, 5.74) is 2.56. The standard InChI is InChI=1S/C16H22O2/c1-2-3-4-5-15(17)8-6-13-7-9-16-14(12-13)10-11-18-16/h7,9,12H,2-6,8,10-11H2,1H3. The molecule has 0 radical (unpaired) electrons. The Balaban J connectivity index is 1.78. The summed E-state index contributed by atoms with van der Waals surface area (Å²) in [6.07, 6.45) is 6.71. The zero-order valence-corrected chi connectivity index (χ0v) is 11.2. The lowest BCUT2D eigenvalue weighted by Crippen LogP contribution is -2.00. The first-order valence-corrected chi connectivity index (χ1v) is 7.06. The smallest absolute Gasteiger partial charge is 0.133 e. The fourth-order valence-corrected chi connectivity index (χ4v) is 2.38. The number of hydrogen-bond donors (Lipinski definition) is 0. The van der Waals surface area contributed by atoms with E-state index in [-0.39, 0.29) is 0 Å². The number of carbonyl (C=O) groups is 1. The molecular weight excluding hydrogens is 224 g/mol. The Morgan fingerprint density at radius 1 is 1.28 bits per heavy atom. The number of benzene rings is 1. The summed E-state index contributed by atoms with van der Waals surface area (Å²) < 4.78 is 5.48. The van der Waals surface area contributed by atoms with Gasteiger partial charge < -0.3 is 4.74 Å². The molecule has 0 aromatic heterocycles. The molecular formula is C16H22O2. The van der Waals surface area contributed by atoms with Gasteiger partial charge in [0.2, 0.25) is 0 Å². The van der Waals surface area contributed by atoms with Gasteiger partial charge in [0.25, 0.3) is 0 Å². The maximum atomic E-state index is 11.7. The molecule has 1 heterocycles. The third-order valence-corrected chi connectivity index (χ3v) is 3.51. The highest BCUT2D eigenvalue weighted by Gasteiger charge is 2.12. The van der Waals surface area contributed by atoms with Crippen molar-refractivity contribution in [3.63, 3.8) is 0 Å². The van der Waals surface area contributed by atoms with Crippen molar-refractivity contribution in [1.82, 2.24) is 0 Å². The Bertz CT molecular complexity index is 410. The first-order chi connectivity index (χ1) is 8.79. The lowest BCUT2D eigenvalue weighted by atomic mass is 10.0. The van der Waals surface area contributed by atoms with Gasteiger partial charge in [-0.05, 0) is 30.0 Å². The number of carbonyl (C=O) groups excluding carboxylic acids is 1. The quantitative estimate of drug-likeness (QED) is 0.686. The van der Waals surface area contributed by atoms with Gasteiger partial charge in [-0.25, -0.2) is 0 Å². The molecule has 2 nitrogen and oxygen atoms in total. The number of aryl methyl sites for hydroxylation is 1. The SMILES string of the molecule is CCCCCC(=O)CCc1ccc2c(c1)CCO2. The van der Waals surface area contributed by atoms with Gasteiger partial charge in [-0.15, -0.1) is 0 Å². The minimum absolute atomic E-state index is 0.403. The van der Waals surface area contributed by atoms with Gasteiger partial charge >= 0.3 is 0 Å². The molecule has 2 rings (SSSR count). The van der Waals surface area contributed by atoms with Crippen LogP contribution in [0.3, 0.4) is 0 Å². The molecule has 1 aliphatic heterocycles. The summed E-state index contributed by atoms with van der Waals surface area (Å²) in [6.45, 7) is 2.96. The predicted molar refractivity (Wildman–Crippen MR) is 73.1 cm³/mol. The van der Waals surface area contributed by atoms with Crippen molar-refractivity contribution in [2.45, 2.75) is 51.9 Å². The van der Waals surface area contributed by atoms with Crippen LogP contribution in [0.4, 0.5) is 0 Å². The normalized spacial score (nSPS) is 13.2. The van der Waals surface area contributed by atoms with Crippen LogP contribution in [0.2, 0.25) is 0 Å². The number of fused-ring (bicyclic) bond motifs is 1. The summed E-state index contributed by atoms with van der Waals surface area (Å²) in [6, 6.07) is 6.32. The zero-order chi connectivity index (χ0) is 12.8. The van der Waals surface area contributed by atoms with Crippen LogP contribution in [0.15, 0.2) is 18.2 Å². The highest BCUT2D eigenvalue weighted by atomic mass is 16.5. The molecule has 1 aliphatic rings. The van der Waals surface area contributed by atoms with Crippen LogP contribution < -0.4 is 4.74 Å². The maximum Gasteiger partial charge on any atom is 0.133 e. The Kier molecular flexibility index (Phi) is 4.80. The van der Waals surface area contributed by atoms with Crippen LogP contribution in [-0.4, -0.2) is 12.4 Å². The van der Waals surface area contributed by atoms with E-state index in [2.05, 4.69) is 19.1 Å². The van der Waals surface area contributed by atoms with Crippen LogP contribution in [0.5, 0.6) is 5.75 Å². The third kappa shape index (κ3) is 3.59. The van der Waals surface area contributed by atoms with Gasteiger partial charge in [-0.3, -0.25) is 4.79 Å². The van der Waals surface area contributed by atoms with Gasteiger partial charge in [0, 0.05) is 19.3 Å². The number of unbranched alkanes of at least 4 members (excludes halogenated alkanes) is 2. The van der Waals surface area contributed by atoms with Crippen LogP contribution in [0.25, 0.3) is 0 Å². The van der Waals surface area contributed by atoms with E-state index in [0.29, 0.717) is 12.2 Å². The molecule has 2 heteroatoms. The highest BCUT2D eigenvalue weighted by Crippen LogP contribution is 2.26. The van der Waals surface area contributed by atoms with Crippen molar-refractivity contribution >= 4 is 5.78 Å². The van der Waals surface area contributed by atoms with Crippen molar-refractivity contribution in [2.75, 3.05) is 6.61 Å². The summed E-state index contributed by atoms with van der Waals surface area (Å²) in [4.78, 5) is 11.7. The average molecular weight is 246 g/mol. The summed E-state index contributed by atoms with van der Waals surface area (Å²) in [5.74, 6) is 1.42. The lowest BCUT2D eigenvalue weighted by Gasteiger charge is -2.04. The highest BCUT2D eigenvalue weighted by molar-refractivity contribution is 5.78. The molecule has 0 N–H and O–H groups in total. The van der Waals surface area contributed by atoms with Crippen LogP contribution in [0.1, 0.15) is 50.2 Å². The lowest BCUT2D eigenvalue weighted by molar-refractivity contribution is -0.119. The van der Waals surface area contributed by atoms with Crippen molar-refractivity contribution in [2.24, 2.45) is 0 Å². The molecule has 0 spiro atoms. The molecule has 0 bridgehead atoms. The van der Waals surface area contributed by atoms with E-state index in [0.717, 1.165) is 38.0 Å². The molecule has 0 aliphatic carbocycles. The van der Waals surface area contributed by atoms with Crippen LogP contribution >= 0.6 is 0 Å². The van der Waals surface area contributed by atoms with Crippen LogP contribution in [0, 0.1) is 0 Å². The third-order valence-electron chi connectivity index (χ3n) is 3.51. The van der Waals surface area contributed by atoms with Gasteiger partial charge in [0.15, 0.2) is 0 Å². The topological polar surface area (TPSA) is 26.3 Å². The average Bonchev–Trinajstić information content (AvgIpc) is 2.84. The molecule has 0 fully saturated rings. The van der Waals surface area contributed by atoms with Gasteiger partial charge in [-0.1, -0.05) is 31.9 Å². The molecule has 0 unspecified atom stereocenters. The molecule has 0 atom stereocenters. The van der Waals surface area contributed by atoms with E-state index >= 15 is 0 Å². The minimum atomic E-state index is 0.403. The second kappa shape index (κ2) is 6.58. The van der Waals surface area contributed by atoms with Crippen molar-refractivity contribution in [3.05, 3.63) is 29.3 Å². The number of ketones is 1. The molecule has 18 heavy (non-hydrogen) atoms. The largest absolute Gasteiger partial charge is 0.493 e. The predicted octanol–water partition coefficient (Wildman–Crippen LogP) is 3.70. The van der Waals surface area contributed by atoms with Gasteiger partial charge in [-0.2, -0.15) is 0 Å². The Morgan fingerprint density at radius 3 is 3.00 bits per heavy atom. The number of Topliss-reactive ketones (excluding diaryl/α,β-unsaturated/α-hetero) is 1. The Morgan fingerprint density at radius 2 is 2.17 bits per heavy atom. The maximum absolute atomic E-state index is 11.7. The van der Waals surface area contributed by atoms with E-state index in [9.17, 15) is 4.79 Å². The van der Waals surface area contributed by atoms with E-state index in [1.165, 1.54) is 24.0 Å². The Labute approximate surface area is 109 Å². The second-order valence-electron chi connectivity index (χ2n) is 5.04. The summed E-state index contributed by atoms with van der Waals surface area (Å²) in [5, 5.41) is 0. The fraction of sp³-hybridized carbons (Fsp3) is 0.562. The van der Waals surface area contributed by atoms with Gasteiger partial charge in [0.1, 0.15) is 11.5 Å². The second-order valence-corrected chi connectivity index (χ2v) is 5.04. The van der Waals surface area contributed by atoms with E-state index in [1.54, 1.807) is 0 Å².